The van der Waals surface area contributed by atoms with Crippen LogP contribution >= 0.6 is 0 Å². The standard InChI is InChI=1S/C21H24N4O4/c1-13-5-4-6-14-9-18(29-20(13)14)21(27)25-10-15(17-7-8-22-24(17)2)16(11-25)23-19(26)12-28-3/h4-9,15-16H,10-12H2,1-3H3,(H,23,26)/t15-,16-/m1/s1. The van der Waals surface area contributed by atoms with Gasteiger partial charge in [-0.1, -0.05) is 18.2 Å². The fourth-order valence-corrected chi connectivity index (χ4v) is 4.01. The molecule has 1 aromatic carbocycles. The van der Waals surface area contributed by atoms with E-state index in [0.29, 0.717) is 18.8 Å². The molecule has 1 fully saturated rings. The van der Waals surface area contributed by atoms with Crippen molar-refractivity contribution in [1.29, 1.82) is 0 Å². The number of rotatable bonds is 5. The minimum atomic E-state index is -0.233. The number of methoxy groups -OCH3 is 1. The number of aryl methyl sites for hydroxylation is 2. The van der Waals surface area contributed by atoms with Crippen LogP contribution in [0, 0.1) is 6.92 Å². The van der Waals surface area contributed by atoms with Crippen LogP contribution in [0.2, 0.25) is 0 Å². The average Bonchev–Trinajstić information content (AvgIpc) is 3.40. The molecular weight excluding hydrogens is 372 g/mol. The third-order valence-electron chi connectivity index (χ3n) is 5.42. The normalized spacial score (nSPS) is 19.1. The predicted molar refractivity (Wildman–Crippen MR) is 107 cm³/mol. The van der Waals surface area contributed by atoms with Crippen molar-refractivity contribution >= 4 is 22.8 Å². The maximum Gasteiger partial charge on any atom is 0.289 e. The molecule has 0 unspecified atom stereocenters. The van der Waals surface area contributed by atoms with Crippen LogP contribution in [0.15, 0.2) is 40.9 Å². The van der Waals surface area contributed by atoms with E-state index >= 15 is 0 Å². The van der Waals surface area contributed by atoms with Gasteiger partial charge in [0.15, 0.2) is 5.76 Å². The lowest BCUT2D eigenvalue weighted by Crippen LogP contribution is -2.42. The molecule has 0 saturated carbocycles. The summed E-state index contributed by atoms with van der Waals surface area (Å²) in [6.45, 7) is 2.79. The van der Waals surface area contributed by atoms with Crippen LogP contribution in [0.1, 0.15) is 27.7 Å². The van der Waals surface area contributed by atoms with Crippen LogP contribution in [-0.2, 0) is 16.6 Å². The van der Waals surface area contributed by atoms with Crippen LogP contribution in [0.4, 0.5) is 0 Å². The molecule has 8 heteroatoms. The van der Waals surface area contributed by atoms with Crippen molar-refractivity contribution in [2.24, 2.45) is 7.05 Å². The summed E-state index contributed by atoms with van der Waals surface area (Å²) in [6, 6.07) is 9.29. The Labute approximate surface area is 168 Å². The van der Waals surface area contributed by atoms with E-state index in [-0.39, 0.29) is 30.4 Å². The van der Waals surface area contributed by atoms with Crippen molar-refractivity contribution in [2.45, 2.75) is 18.9 Å². The van der Waals surface area contributed by atoms with E-state index in [9.17, 15) is 9.59 Å². The Balaban J connectivity index is 1.60. The SMILES string of the molecule is COCC(=O)N[C@@H]1CN(C(=O)c2cc3cccc(C)c3o2)C[C@H]1c1ccnn1C. The molecular formula is C21H24N4O4. The fraction of sp³-hybridized carbons (Fsp3) is 0.381. The highest BCUT2D eigenvalue weighted by Crippen LogP contribution is 2.30. The van der Waals surface area contributed by atoms with Crippen molar-refractivity contribution in [3.63, 3.8) is 0 Å². The smallest absolute Gasteiger partial charge is 0.289 e. The molecule has 29 heavy (non-hydrogen) atoms. The summed E-state index contributed by atoms with van der Waals surface area (Å²) in [5, 5.41) is 8.13. The van der Waals surface area contributed by atoms with Gasteiger partial charge in [-0.15, -0.1) is 0 Å². The molecule has 2 atom stereocenters. The minimum absolute atomic E-state index is 0.0224. The minimum Gasteiger partial charge on any atom is -0.451 e. The van der Waals surface area contributed by atoms with E-state index in [1.807, 2.05) is 38.2 Å². The number of hydrogen-bond acceptors (Lipinski definition) is 5. The maximum atomic E-state index is 13.2. The molecule has 0 aliphatic carbocycles. The molecule has 0 radical (unpaired) electrons. The second-order valence-corrected chi connectivity index (χ2v) is 7.41. The molecule has 1 saturated heterocycles. The van der Waals surface area contributed by atoms with Gasteiger partial charge in [0, 0.05) is 50.4 Å². The van der Waals surface area contributed by atoms with Crippen molar-refractivity contribution in [3.8, 4) is 0 Å². The van der Waals surface area contributed by atoms with E-state index in [1.165, 1.54) is 7.11 Å². The highest BCUT2D eigenvalue weighted by Gasteiger charge is 2.39. The second-order valence-electron chi connectivity index (χ2n) is 7.41. The first kappa shape index (κ1) is 19.2. The van der Waals surface area contributed by atoms with E-state index in [1.54, 1.807) is 21.8 Å². The maximum absolute atomic E-state index is 13.2. The van der Waals surface area contributed by atoms with Gasteiger partial charge in [0.1, 0.15) is 12.2 Å². The number of nitrogens with zero attached hydrogens (tertiary/aromatic N) is 3. The van der Waals surface area contributed by atoms with Crippen LogP contribution in [0.25, 0.3) is 11.0 Å². The lowest BCUT2D eigenvalue weighted by atomic mass is 9.99. The summed E-state index contributed by atoms with van der Waals surface area (Å²) < 4.78 is 12.6. The first-order chi connectivity index (χ1) is 14.0. The molecule has 1 aliphatic heterocycles. The summed E-state index contributed by atoms with van der Waals surface area (Å²) >= 11 is 0. The third-order valence-corrected chi connectivity index (χ3v) is 5.42. The number of ether oxygens (including phenoxy) is 1. The van der Waals surface area contributed by atoms with Crippen LogP contribution in [-0.4, -0.2) is 59.3 Å². The second kappa shape index (κ2) is 7.71. The number of fused-ring (bicyclic) bond motifs is 1. The number of carbonyl (C=O) groups is 2. The Kier molecular flexibility index (Phi) is 5.10. The molecule has 0 spiro atoms. The van der Waals surface area contributed by atoms with Gasteiger partial charge in [-0.25, -0.2) is 0 Å². The zero-order chi connectivity index (χ0) is 20.5. The summed E-state index contributed by atoms with van der Waals surface area (Å²) in [5.41, 5.74) is 2.67. The van der Waals surface area contributed by atoms with Gasteiger partial charge in [0.25, 0.3) is 5.91 Å². The predicted octanol–water partition coefficient (Wildman–Crippen LogP) is 1.85. The number of benzene rings is 1. The lowest BCUT2D eigenvalue weighted by Gasteiger charge is -2.19. The molecule has 2 amide bonds. The summed E-state index contributed by atoms with van der Waals surface area (Å²) in [6.07, 6.45) is 1.72. The molecule has 1 aliphatic rings. The highest BCUT2D eigenvalue weighted by atomic mass is 16.5. The zero-order valence-electron chi connectivity index (χ0n) is 16.7. The van der Waals surface area contributed by atoms with Crippen molar-refractivity contribution < 1.29 is 18.7 Å². The van der Waals surface area contributed by atoms with E-state index in [0.717, 1.165) is 22.2 Å². The Morgan fingerprint density at radius 3 is 2.83 bits per heavy atom. The number of carbonyl (C=O) groups excluding carboxylic acids is 2. The van der Waals surface area contributed by atoms with Crippen LogP contribution < -0.4 is 5.32 Å². The molecule has 2 aromatic heterocycles. The van der Waals surface area contributed by atoms with E-state index < -0.39 is 0 Å². The molecule has 3 aromatic rings. The number of nitrogens with one attached hydrogen (secondary N) is 1. The lowest BCUT2D eigenvalue weighted by molar-refractivity contribution is -0.125. The van der Waals surface area contributed by atoms with Gasteiger partial charge in [0.2, 0.25) is 5.91 Å². The molecule has 3 heterocycles. The summed E-state index contributed by atoms with van der Waals surface area (Å²) in [4.78, 5) is 27.0. The Morgan fingerprint density at radius 2 is 2.14 bits per heavy atom. The molecule has 1 N–H and O–H groups in total. The topological polar surface area (TPSA) is 89.6 Å². The van der Waals surface area contributed by atoms with Crippen molar-refractivity contribution in [3.05, 3.63) is 53.5 Å². The number of amides is 2. The van der Waals surface area contributed by atoms with Crippen molar-refractivity contribution in [2.75, 3.05) is 26.8 Å². The van der Waals surface area contributed by atoms with Gasteiger partial charge in [-0.2, -0.15) is 5.10 Å². The molecule has 152 valence electrons. The Morgan fingerprint density at radius 1 is 1.31 bits per heavy atom. The van der Waals surface area contributed by atoms with Gasteiger partial charge < -0.3 is 19.4 Å². The highest BCUT2D eigenvalue weighted by molar-refractivity contribution is 5.97. The van der Waals surface area contributed by atoms with Gasteiger partial charge in [-0.05, 0) is 24.6 Å². The molecule has 4 rings (SSSR count). The van der Waals surface area contributed by atoms with Crippen LogP contribution in [0.5, 0.6) is 0 Å². The molecule has 0 bridgehead atoms. The Hall–Kier alpha value is -3.13. The zero-order valence-corrected chi connectivity index (χ0v) is 16.7. The average molecular weight is 396 g/mol. The summed E-state index contributed by atoms with van der Waals surface area (Å²) in [5.74, 6) is -0.158. The van der Waals surface area contributed by atoms with E-state index in [4.69, 9.17) is 9.15 Å². The summed E-state index contributed by atoms with van der Waals surface area (Å²) in [7, 11) is 3.34. The van der Waals surface area contributed by atoms with Gasteiger partial charge >= 0.3 is 0 Å². The first-order valence-corrected chi connectivity index (χ1v) is 9.52. The number of aromatic nitrogens is 2. The van der Waals surface area contributed by atoms with E-state index in [2.05, 4.69) is 10.4 Å². The quantitative estimate of drug-likeness (QED) is 0.711. The monoisotopic (exact) mass is 396 g/mol. The first-order valence-electron chi connectivity index (χ1n) is 9.52. The van der Waals surface area contributed by atoms with Gasteiger partial charge in [-0.3, -0.25) is 14.3 Å². The molecule has 8 nitrogen and oxygen atoms in total. The van der Waals surface area contributed by atoms with Crippen molar-refractivity contribution in [1.82, 2.24) is 20.0 Å². The third kappa shape index (κ3) is 3.63. The van der Waals surface area contributed by atoms with Crippen LogP contribution in [0.3, 0.4) is 0 Å². The number of hydrogen-bond donors (Lipinski definition) is 1. The number of likely N-dealkylation sites (tertiary alicyclic amines) is 1. The fourth-order valence-electron chi connectivity index (χ4n) is 4.01. The number of furan rings is 1. The van der Waals surface area contributed by atoms with Gasteiger partial charge in [0.05, 0.1) is 6.04 Å². The Bertz CT molecular complexity index is 1050. The largest absolute Gasteiger partial charge is 0.451 e. The number of para-hydroxylation sites is 1.